The van der Waals surface area contributed by atoms with Gasteiger partial charge in [-0.1, -0.05) is 6.07 Å². The molecule has 1 aromatic carbocycles. The lowest BCUT2D eigenvalue weighted by atomic mass is 10.1. The molecule has 0 bridgehead atoms. The van der Waals surface area contributed by atoms with E-state index in [9.17, 15) is 19.2 Å². The number of fused-ring (bicyclic) bond motifs is 1. The molecule has 7 heteroatoms. The molecule has 0 aliphatic carbocycles. The van der Waals surface area contributed by atoms with Gasteiger partial charge in [0.2, 0.25) is 11.8 Å². The maximum Gasteiger partial charge on any atom is 0.328 e. The van der Waals surface area contributed by atoms with E-state index < -0.39 is 17.9 Å². The van der Waals surface area contributed by atoms with Crippen LogP contribution >= 0.6 is 0 Å². The van der Waals surface area contributed by atoms with Crippen LogP contribution in [-0.4, -0.2) is 39.7 Å². The van der Waals surface area contributed by atoms with Gasteiger partial charge in [0.25, 0.3) is 5.91 Å². The first-order valence-corrected chi connectivity index (χ1v) is 7.64. The summed E-state index contributed by atoms with van der Waals surface area (Å²) in [5.41, 5.74) is 1.92. The quantitative estimate of drug-likeness (QED) is 0.635. The summed E-state index contributed by atoms with van der Waals surface area (Å²) < 4.78 is 0. The van der Waals surface area contributed by atoms with Crippen LogP contribution in [0.15, 0.2) is 24.3 Å². The molecule has 1 saturated heterocycles. The van der Waals surface area contributed by atoms with Gasteiger partial charge in [0.15, 0.2) is 0 Å². The molecule has 124 valence electrons. The fourth-order valence-corrected chi connectivity index (χ4v) is 3.05. The van der Waals surface area contributed by atoms with Crippen LogP contribution in [0.1, 0.15) is 40.7 Å². The minimum Gasteiger partial charge on any atom is -0.478 e. The molecule has 0 spiro atoms. The zero-order valence-electron chi connectivity index (χ0n) is 12.8. The van der Waals surface area contributed by atoms with Gasteiger partial charge in [-0.2, -0.15) is 0 Å². The van der Waals surface area contributed by atoms with Crippen molar-refractivity contribution in [3.63, 3.8) is 0 Å². The van der Waals surface area contributed by atoms with Gasteiger partial charge in [-0.25, -0.2) is 4.79 Å². The number of carbonyl (C=O) groups excluding carboxylic acids is 3. The molecule has 2 aliphatic rings. The van der Waals surface area contributed by atoms with Crippen molar-refractivity contribution in [2.75, 3.05) is 0 Å². The van der Waals surface area contributed by atoms with E-state index in [1.165, 1.54) is 11.0 Å². The highest BCUT2D eigenvalue weighted by Crippen LogP contribution is 2.28. The standard InChI is InChI=1S/C17H16N2O5/c20-14-3-1-2-13(16(23)18-14)19-9-11-8-10(5-7-15(21)22)4-6-12(11)17(19)24/h4-8,13H,1-3,9H2,(H,21,22)(H,18,20,23). The largest absolute Gasteiger partial charge is 0.478 e. The molecular weight excluding hydrogens is 312 g/mol. The van der Waals surface area contributed by atoms with E-state index in [2.05, 4.69) is 5.32 Å². The van der Waals surface area contributed by atoms with Crippen LogP contribution in [0, 0.1) is 0 Å². The highest BCUT2D eigenvalue weighted by atomic mass is 16.4. The van der Waals surface area contributed by atoms with Crippen LogP contribution in [-0.2, 0) is 20.9 Å². The zero-order valence-corrected chi connectivity index (χ0v) is 12.8. The van der Waals surface area contributed by atoms with E-state index >= 15 is 0 Å². The van der Waals surface area contributed by atoms with Gasteiger partial charge in [0, 0.05) is 24.6 Å². The van der Waals surface area contributed by atoms with Gasteiger partial charge in [-0.05, 0) is 42.2 Å². The molecule has 7 nitrogen and oxygen atoms in total. The lowest BCUT2D eigenvalue weighted by Crippen LogP contribution is -2.46. The number of hydrogen-bond acceptors (Lipinski definition) is 4. The van der Waals surface area contributed by atoms with E-state index in [0.717, 1.165) is 11.6 Å². The van der Waals surface area contributed by atoms with Crippen LogP contribution in [0.3, 0.4) is 0 Å². The lowest BCUT2D eigenvalue weighted by molar-refractivity contribution is -0.133. The number of carbonyl (C=O) groups is 4. The van der Waals surface area contributed by atoms with Crippen molar-refractivity contribution >= 4 is 29.8 Å². The Kier molecular flexibility index (Phi) is 4.16. The SMILES string of the molecule is O=C(O)C=Cc1ccc2c(c1)CN(C1CCCC(=O)NC1=O)C2=O. The topological polar surface area (TPSA) is 104 Å². The number of carboxylic acids is 1. The second-order valence-corrected chi connectivity index (χ2v) is 5.84. The Morgan fingerprint density at radius 3 is 2.83 bits per heavy atom. The van der Waals surface area contributed by atoms with Crippen molar-refractivity contribution in [3.05, 3.63) is 41.0 Å². The fourth-order valence-electron chi connectivity index (χ4n) is 3.05. The molecule has 3 rings (SSSR count). The number of hydrogen-bond donors (Lipinski definition) is 2. The first-order chi connectivity index (χ1) is 11.5. The normalized spacial score (nSPS) is 20.9. The third-order valence-electron chi connectivity index (χ3n) is 4.20. The molecule has 24 heavy (non-hydrogen) atoms. The zero-order chi connectivity index (χ0) is 17.3. The van der Waals surface area contributed by atoms with Gasteiger partial charge in [0.1, 0.15) is 6.04 Å². The average molecular weight is 328 g/mol. The van der Waals surface area contributed by atoms with Crippen molar-refractivity contribution in [3.8, 4) is 0 Å². The monoisotopic (exact) mass is 328 g/mol. The van der Waals surface area contributed by atoms with Crippen LogP contribution in [0.25, 0.3) is 6.08 Å². The maximum atomic E-state index is 12.6. The summed E-state index contributed by atoms with van der Waals surface area (Å²) in [6.07, 6.45) is 3.76. The summed E-state index contributed by atoms with van der Waals surface area (Å²) in [4.78, 5) is 48.2. The van der Waals surface area contributed by atoms with Crippen molar-refractivity contribution in [2.24, 2.45) is 0 Å². The Bertz CT molecular complexity index is 768. The summed E-state index contributed by atoms with van der Waals surface area (Å²) in [5.74, 6) is -2.04. The molecule has 2 heterocycles. The molecule has 2 N–H and O–H groups in total. The summed E-state index contributed by atoms with van der Waals surface area (Å²) >= 11 is 0. The minimum absolute atomic E-state index is 0.242. The van der Waals surface area contributed by atoms with Crippen molar-refractivity contribution in [2.45, 2.75) is 31.8 Å². The Morgan fingerprint density at radius 2 is 2.08 bits per heavy atom. The molecule has 2 aliphatic heterocycles. The molecule has 1 atom stereocenters. The lowest BCUT2D eigenvalue weighted by Gasteiger charge is -2.24. The molecule has 1 aromatic rings. The van der Waals surface area contributed by atoms with Gasteiger partial charge in [0.05, 0.1) is 0 Å². The average Bonchev–Trinajstić information content (AvgIpc) is 2.75. The van der Waals surface area contributed by atoms with Crippen LogP contribution in [0.5, 0.6) is 0 Å². The molecule has 1 fully saturated rings. The smallest absolute Gasteiger partial charge is 0.328 e. The van der Waals surface area contributed by atoms with Crippen LogP contribution in [0.2, 0.25) is 0 Å². The highest BCUT2D eigenvalue weighted by Gasteiger charge is 2.37. The Hall–Kier alpha value is -2.96. The Morgan fingerprint density at radius 1 is 1.29 bits per heavy atom. The minimum atomic E-state index is -1.05. The van der Waals surface area contributed by atoms with Gasteiger partial charge < -0.3 is 10.0 Å². The molecule has 0 radical (unpaired) electrons. The number of amides is 3. The highest BCUT2D eigenvalue weighted by molar-refractivity contribution is 6.04. The first kappa shape index (κ1) is 15.9. The molecule has 0 aromatic heterocycles. The van der Waals surface area contributed by atoms with Crippen molar-refractivity contribution < 1.29 is 24.3 Å². The van der Waals surface area contributed by atoms with E-state index in [1.807, 2.05) is 0 Å². The van der Waals surface area contributed by atoms with Crippen LogP contribution < -0.4 is 5.32 Å². The molecule has 3 amide bonds. The number of rotatable bonds is 3. The van der Waals surface area contributed by atoms with Gasteiger partial charge in [-0.3, -0.25) is 19.7 Å². The first-order valence-electron chi connectivity index (χ1n) is 7.64. The predicted octanol–water partition coefficient (Wildman–Crippen LogP) is 0.935. The van der Waals surface area contributed by atoms with Gasteiger partial charge >= 0.3 is 5.97 Å². The Balaban J connectivity index is 1.83. The maximum absolute atomic E-state index is 12.6. The van der Waals surface area contributed by atoms with Crippen molar-refractivity contribution in [1.29, 1.82) is 0 Å². The van der Waals surface area contributed by atoms with Crippen molar-refractivity contribution in [1.82, 2.24) is 10.2 Å². The van der Waals surface area contributed by atoms with Crippen LogP contribution in [0.4, 0.5) is 0 Å². The number of nitrogens with one attached hydrogen (secondary N) is 1. The molecular formula is C17H16N2O5. The van der Waals surface area contributed by atoms with E-state index in [1.54, 1.807) is 18.2 Å². The second-order valence-electron chi connectivity index (χ2n) is 5.84. The summed E-state index contributed by atoms with van der Waals surface area (Å²) in [6, 6.07) is 4.39. The molecule has 1 unspecified atom stereocenters. The molecule has 0 saturated carbocycles. The third kappa shape index (κ3) is 3.05. The van der Waals surface area contributed by atoms with Gasteiger partial charge in [-0.15, -0.1) is 0 Å². The second kappa shape index (κ2) is 6.27. The summed E-state index contributed by atoms with van der Waals surface area (Å²) in [7, 11) is 0. The van der Waals surface area contributed by atoms with E-state index in [0.29, 0.717) is 24.0 Å². The number of carboxylic acid groups (broad SMARTS) is 1. The summed E-state index contributed by atoms with van der Waals surface area (Å²) in [5, 5.41) is 11.0. The number of nitrogens with zero attached hydrogens (tertiary/aromatic N) is 1. The van der Waals surface area contributed by atoms with E-state index in [4.69, 9.17) is 5.11 Å². The predicted molar refractivity (Wildman–Crippen MR) is 83.8 cm³/mol. The fraction of sp³-hybridized carbons (Fsp3) is 0.294. The van der Waals surface area contributed by atoms with E-state index in [-0.39, 0.29) is 24.8 Å². The summed E-state index contributed by atoms with van der Waals surface area (Å²) in [6.45, 7) is 0.273. The number of benzene rings is 1. The number of imide groups is 1. The Labute approximate surface area is 137 Å². The third-order valence-corrected chi connectivity index (χ3v) is 4.20. The number of aliphatic carboxylic acids is 1.